The highest BCUT2D eigenvalue weighted by Gasteiger charge is 2.20. The zero-order valence-electron chi connectivity index (χ0n) is 18.3. The van der Waals surface area contributed by atoms with E-state index in [1.54, 1.807) is 12.1 Å². The van der Waals surface area contributed by atoms with Crippen LogP contribution in [-0.4, -0.2) is 55.8 Å². The number of unbranched alkanes of at least 4 members (excludes halogenated alkanes) is 2. The van der Waals surface area contributed by atoms with Gasteiger partial charge in [-0.1, -0.05) is 29.8 Å². The van der Waals surface area contributed by atoms with E-state index in [2.05, 4.69) is 37.3 Å². The average Bonchev–Trinajstić information content (AvgIpc) is 2.80. The maximum atomic E-state index is 13.8. The van der Waals surface area contributed by atoms with Crippen LogP contribution >= 0.6 is 0 Å². The van der Waals surface area contributed by atoms with E-state index in [9.17, 15) is 4.39 Å². The Hall–Kier alpha value is -2.67. The van der Waals surface area contributed by atoms with Crippen LogP contribution < -0.4 is 9.64 Å². The van der Waals surface area contributed by atoms with Gasteiger partial charge >= 0.3 is 0 Å². The molecule has 0 atom stereocenters. The second kappa shape index (κ2) is 10.6. The Balaban J connectivity index is 1.15. The second-order valence-corrected chi connectivity index (χ2v) is 8.14. The van der Waals surface area contributed by atoms with Gasteiger partial charge in [0, 0.05) is 44.4 Å². The van der Waals surface area contributed by atoms with E-state index >= 15 is 0 Å². The summed E-state index contributed by atoms with van der Waals surface area (Å²) in [6, 6.07) is 13.0. The molecule has 0 unspecified atom stereocenters. The van der Waals surface area contributed by atoms with Crippen LogP contribution in [-0.2, 0) is 6.54 Å². The van der Waals surface area contributed by atoms with Gasteiger partial charge in [0.1, 0.15) is 11.6 Å². The van der Waals surface area contributed by atoms with Gasteiger partial charge in [-0.25, -0.2) is 4.39 Å². The lowest BCUT2D eigenvalue weighted by molar-refractivity contribution is 0.232. The predicted molar refractivity (Wildman–Crippen MR) is 121 cm³/mol. The molecule has 1 fully saturated rings. The molecular formula is C24H32FN5O. The summed E-state index contributed by atoms with van der Waals surface area (Å²) >= 11 is 0. The average molecular weight is 426 g/mol. The second-order valence-electron chi connectivity index (χ2n) is 8.14. The highest BCUT2D eigenvalue weighted by molar-refractivity contribution is 5.59. The number of anilines is 1. The molecule has 2 aromatic carbocycles. The third kappa shape index (κ3) is 5.73. The summed E-state index contributed by atoms with van der Waals surface area (Å²) in [4.78, 5) is 4.75. The first kappa shape index (κ1) is 21.6. The zero-order chi connectivity index (χ0) is 21.5. The van der Waals surface area contributed by atoms with E-state index in [0.717, 1.165) is 69.4 Å². The van der Waals surface area contributed by atoms with Crippen LogP contribution in [0.15, 0.2) is 52.8 Å². The molecular weight excluding hydrogens is 393 g/mol. The molecule has 166 valence electrons. The van der Waals surface area contributed by atoms with Crippen molar-refractivity contribution in [1.82, 2.24) is 9.91 Å². The molecule has 0 aliphatic carbocycles. The van der Waals surface area contributed by atoms with Crippen molar-refractivity contribution in [3.63, 3.8) is 0 Å². The highest BCUT2D eigenvalue weighted by Crippen LogP contribution is 2.30. The van der Waals surface area contributed by atoms with Gasteiger partial charge in [0.05, 0.1) is 24.5 Å². The third-order valence-corrected chi connectivity index (χ3v) is 5.95. The molecule has 0 spiro atoms. The lowest BCUT2D eigenvalue weighted by Gasteiger charge is -2.36. The van der Waals surface area contributed by atoms with Crippen LogP contribution in [0.2, 0.25) is 0 Å². The first-order valence-corrected chi connectivity index (χ1v) is 11.4. The standard InChI is InChI=1S/C24H32FN5O/c1-2-31-24-11-10-21(25)18-23(24)29-16-14-28(15-17-29)12-6-3-7-13-30-19-20-8-4-5-9-22(20)26-27-30/h4-5,8-11,18H,2-3,6-7,12-17,19H2,1H3. The van der Waals surface area contributed by atoms with Crippen molar-refractivity contribution in [2.24, 2.45) is 10.3 Å². The minimum absolute atomic E-state index is 0.211. The fourth-order valence-corrected chi connectivity index (χ4v) is 4.24. The van der Waals surface area contributed by atoms with Gasteiger partial charge in [0.2, 0.25) is 0 Å². The first-order chi connectivity index (χ1) is 15.2. The van der Waals surface area contributed by atoms with Crippen LogP contribution in [0.3, 0.4) is 0 Å². The minimum Gasteiger partial charge on any atom is -0.492 e. The molecule has 4 rings (SSSR count). The van der Waals surface area contributed by atoms with E-state index < -0.39 is 0 Å². The van der Waals surface area contributed by atoms with Crippen LogP contribution in [0, 0.1) is 5.82 Å². The smallest absolute Gasteiger partial charge is 0.142 e. The fraction of sp³-hybridized carbons (Fsp3) is 0.500. The van der Waals surface area contributed by atoms with Gasteiger partial charge in [-0.3, -0.25) is 9.91 Å². The Morgan fingerprint density at radius 1 is 0.968 bits per heavy atom. The number of nitrogens with zero attached hydrogens (tertiary/aromatic N) is 5. The molecule has 2 heterocycles. The fourth-order valence-electron chi connectivity index (χ4n) is 4.24. The van der Waals surface area contributed by atoms with Gasteiger partial charge in [-0.05, 0) is 44.5 Å². The lowest BCUT2D eigenvalue weighted by atomic mass is 10.1. The van der Waals surface area contributed by atoms with Gasteiger partial charge in [-0.15, -0.1) is 5.11 Å². The Bertz CT molecular complexity index is 882. The summed E-state index contributed by atoms with van der Waals surface area (Å²) in [6.45, 7) is 9.26. The van der Waals surface area contributed by atoms with Crippen LogP contribution in [0.25, 0.3) is 0 Å². The Morgan fingerprint density at radius 3 is 2.61 bits per heavy atom. The maximum Gasteiger partial charge on any atom is 0.142 e. The monoisotopic (exact) mass is 425 g/mol. The summed E-state index contributed by atoms with van der Waals surface area (Å²) in [7, 11) is 0. The lowest BCUT2D eigenvalue weighted by Crippen LogP contribution is -2.46. The molecule has 2 aliphatic rings. The highest BCUT2D eigenvalue weighted by atomic mass is 19.1. The van der Waals surface area contributed by atoms with Crippen LogP contribution in [0.4, 0.5) is 15.8 Å². The van der Waals surface area contributed by atoms with Crippen molar-refractivity contribution in [3.05, 3.63) is 53.8 Å². The largest absolute Gasteiger partial charge is 0.492 e. The molecule has 0 amide bonds. The Kier molecular flexibility index (Phi) is 7.35. The topological polar surface area (TPSA) is 43.7 Å². The molecule has 1 saturated heterocycles. The molecule has 7 heteroatoms. The molecule has 31 heavy (non-hydrogen) atoms. The Morgan fingerprint density at radius 2 is 1.77 bits per heavy atom. The van der Waals surface area contributed by atoms with E-state index in [4.69, 9.17) is 4.74 Å². The number of ether oxygens (including phenoxy) is 1. The van der Waals surface area contributed by atoms with Gasteiger partial charge in [0.25, 0.3) is 0 Å². The molecule has 0 aromatic heterocycles. The van der Waals surface area contributed by atoms with Gasteiger partial charge < -0.3 is 9.64 Å². The number of benzene rings is 2. The van der Waals surface area contributed by atoms with E-state index in [1.165, 1.54) is 24.5 Å². The number of piperazine rings is 1. The molecule has 2 aromatic rings. The van der Waals surface area contributed by atoms with Crippen molar-refractivity contribution in [2.45, 2.75) is 32.7 Å². The predicted octanol–water partition coefficient (Wildman–Crippen LogP) is 5.03. The van der Waals surface area contributed by atoms with E-state index in [0.29, 0.717) is 6.61 Å². The summed E-state index contributed by atoms with van der Waals surface area (Å²) < 4.78 is 19.5. The normalized spacial score (nSPS) is 16.5. The first-order valence-electron chi connectivity index (χ1n) is 11.4. The molecule has 0 saturated carbocycles. The molecule has 0 bridgehead atoms. The zero-order valence-corrected chi connectivity index (χ0v) is 18.3. The summed E-state index contributed by atoms with van der Waals surface area (Å²) in [5, 5.41) is 10.7. The maximum absolute atomic E-state index is 13.8. The minimum atomic E-state index is -0.211. The summed E-state index contributed by atoms with van der Waals surface area (Å²) in [5.74, 6) is 0.562. The van der Waals surface area contributed by atoms with Crippen LogP contribution in [0.1, 0.15) is 31.7 Å². The Labute approximate surface area is 184 Å². The third-order valence-electron chi connectivity index (χ3n) is 5.95. The number of hydrogen-bond acceptors (Lipinski definition) is 6. The van der Waals surface area contributed by atoms with Crippen molar-refractivity contribution in [3.8, 4) is 5.75 Å². The van der Waals surface area contributed by atoms with Crippen molar-refractivity contribution in [2.75, 3.05) is 50.8 Å². The molecule has 0 N–H and O–H groups in total. The number of fused-ring (bicyclic) bond motifs is 1. The van der Waals surface area contributed by atoms with Crippen molar-refractivity contribution >= 4 is 11.4 Å². The molecule has 2 aliphatic heterocycles. The quantitative estimate of drug-likeness (QED) is 0.529. The van der Waals surface area contributed by atoms with Crippen molar-refractivity contribution in [1.29, 1.82) is 0 Å². The number of halogens is 1. The summed E-state index contributed by atoms with van der Waals surface area (Å²) in [6.07, 6.45) is 3.50. The molecule has 0 radical (unpaired) electrons. The molecule has 6 nitrogen and oxygen atoms in total. The van der Waals surface area contributed by atoms with E-state index in [1.807, 2.05) is 19.1 Å². The number of hydrogen-bond donors (Lipinski definition) is 0. The van der Waals surface area contributed by atoms with Gasteiger partial charge in [0.15, 0.2) is 0 Å². The SMILES string of the molecule is CCOc1ccc(F)cc1N1CCN(CCCCCN2Cc3ccccc3N=N2)CC1. The van der Waals surface area contributed by atoms with Crippen molar-refractivity contribution < 1.29 is 9.13 Å². The van der Waals surface area contributed by atoms with Gasteiger partial charge in [-0.2, -0.15) is 0 Å². The van der Waals surface area contributed by atoms with Crippen LogP contribution in [0.5, 0.6) is 5.75 Å². The van der Waals surface area contributed by atoms with E-state index in [-0.39, 0.29) is 5.82 Å². The summed E-state index contributed by atoms with van der Waals surface area (Å²) in [5.41, 5.74) is 3.12. The number of rotatable bonds is 9.